The van der Waals surface area contributed by atoms with E-state index in [4.69, 9.17) is 10.5 Å². The van der Waals surface area contributed by atoms with Gasteiger partial charge in [0.1, 0.15) is 22.8 Å². The fourth-order valence-electron chi connectivity index (χ4n) is 5.55. The van der Waals surface area contributed by atoms with Crippen LogP contribution in [0.2, 0.25) is 0 Å². The molecule has 3 atom stereocenters. The summed E-state index contributed by atoms with van der Waals surface area (Å²) in [5.74, 6) is -6.14. The highest BCUT2D eigenvalue weighted by molar-refractivity contribution is 6.24. The number of Topliss-reactive ketones (excluding diaryl/α,β-unsaturated/α-hetero) is 2. The highest BCUT2D eigenvalue weighted by atomic mass is 16.5. The fraction of sp³-hybridized carbons (Fsp3) is 0.280. The van der Waals surface area contributed by atoms with Crippen molar-refractivity contribution >= 4 is 17.5 Å². The van der Waals surface area contributed by atoms with Crippen LogP contribution in [0.4, 0.5) is 0 Å². The Morgan fingerprint density at radius 1 is 1.14 bits per heavy atom. The minimum atomic E-state index is -2.58. The van der Waals surface area contributed by atoms with Gasteiger partial charge in [-0.3, -0.25) is 14.4 Å². The summed E-state index contributed by atoms with van der Waals surface area (Å²) < 4.78 is 5.09. The predicted molar refractivity (Wildman–Crippen MR) is 121 cm³/mol. The number of methoxy groups -OCH3 is 1. The predicted octanol–water partition coefficient (Wildman–Crippen LogP) is 1.65. The summed E-state index contributed by atoms with van der Waals surface area (Å²) in [5, 5.41) is 43.2. The number of aliphatic hydroxyl groups excluding tert-OH is 2. The van der Waals surface area contributed by atoms with Crippen molar-refractivity contribution in [3.05, 3.63) is 64.3 Å². The average Bonchev–Trinajstić information content (AvgIpc) is 2.81. The lowest BCUT2D eigenvalue weighted by Gasteiger charge is -2.45. The van der Waals surface area contributed by atoms with Crippen molar-refractivity contribution in [1.29, 1.82) is 0 Å². The van der Waals surface area contributed by atoms with E-state index in [0.29, 0.717) is 22.6 Å². The molecule has 2 aromatic rings. The molecule has 0 saturated carbocycles. The zero-order valence-electron chi connectivity index (χ0n) is 18.6. The summed E-state index contributed by atoms with van der Waals surface area (Å²) >= 11 is 0. The minimum Gasteiger partial charge on any atom is -0.511 e. The quantitative estimate of drug-likeness (QED) is 0.410. The third-order valence-corrected chi connectivity index (χ3v) is 7.20. The number of amides is 1. The molecule has 0 bridgehead atoms. The molecule has 0 radical (unpaired) electrons. The van der Waals surface area contributed by atoms with Gasteiger partial charge in [0.05, 0.1) is 12.7 Å². The second kappa shape index (κ2) is 7.67. The molecule has 0 spiro atoms. The average molecular weight is 478 g/mol. The van der Waals surface area contributed by atoms with Gasteiger partial charge in [0.25, 0.3) is 5.91 Å². The number of aromatic hydroxyl groups is 1. The van der Waals surface area contributed by atoms with Crippen LogP contribution in [0.15, 0.2) is 53.1 Å². The minimum absolute atomic E-state index is 0.0464. The van der Waals surface area contributed by atoms with Crippen LogP contribution in [-0.2, 0) is 16.0 Å². The molecule has 1 aromatic heterocycles. The number of pyridine rings is 1. The number of nitrogens with two attached hydrogens (primary N) is 1. The number of ether oxygens (including phenoxy) is 1. The summed E-state index contributed by atoms with van der Waals surface area (Å²) in [6, 6.07) is 6.44. The maximum atomic E-state index is 13.6. The van der Waals surface area contributed by atoms with Gasteiger partial charge in [-0.15, -0.1) is 0 Å². The molecule has 1 aromatic carbocycles. The molecule has 35 heavy (non-hydrogen) atoms. The smallest absolute Gasteiger partial charge is 0.255 e. The van der Waals surface area contributed by atoms with E-state index < -0.39 is 52.0 Å². The van der Waals surface area contributed by atoms with Gasteiger partial charge in [0.15, 0.2) is 11.4 Å². The number of phenols is 1. The zero-order valence-corrected chi connectivity index (χ0v) is 18.6. The van der Waals surface area contributed by atoms with Gasteiger partial charge >= 0.3 is 0 Å². The van der Waals surface area contributed by atoms with E-state index in [-0.39, 0.29) is 36.1 Å². The van der Waals surface area contributed by atoms with Gasteiger partial charge in [-0.2, -0.15) is 0 Å². The number of aliphatic hydroxyl groups is 3. The van der Waals surface area contributed by atoms with Gasteiger partial charge in [0.2, 0.25) is 11.7 Å². The standard InChI is InChI=1S/C25H22N2O8/c1-35-17-5-2-10(9-27-17)13-3-4-15(28)19-14(13)7-11-6-12-8-16(29)20(24(26)33)23(32)25(12,34)22(31)18(11)21(19)30/h2-5,9,11-12,28-29,31,34H,6-8H2,1H3,(H2,26,33)/t11-,12+,25+/m1/s1. The molecule has 0 aliphatic heterocycles. The van der Waals surface area contributed by atoms with Crippen LogP contribution in [0.1, 0.15) is 28.8 Å². The molecule has 10 nitrogen and oxygen atoms in total. The molecule has 180 valence electrons. The SMILES string of the molecule is COc1ccc(-c2ccc(O)c3c2C[C@H]2C[C@H]4CC(O)=C(C(N)=O)C(=O)[C@@]4(O)C(O)=C2C3=O)cn1. The lowest BCUT2D eigenvalue weighted by atomic mass is 9.60. The van der Waals surface area contributed by atoms with Crippen molar-refractivity contribution < 1.29 is 39.5 Å². The Kier molecular flexibility index (Phi) is 4.95. The van der Waals surface area contributed by atoms with Gasteiger partial charge in [0, 0.05) is 35.7 Å². The number of benzene rings is 1. The molecule has 5 rings (SSSR count). The van der Waals surface area contributed by atoms with Gasteiger partial charge in [-0.1, -0.05) is 6.07 Å². The normalized spacial score (nSPS) is 25.7. The summed E-state index contributed by atoms with van der Waals surface area (Å²) in [6.45, 7) is 0. The van der Waals surface area contributed by atoms with E-state index in [2.05, 4.69) is 4.98 Å². The van der Waals surface area contributed by atoms with E-state index >= 15 is 0 Å². The molecular weight excluding hydrogens is 456 g/mol. The summed E-state index contributed by atoms with van der Waals surface area (Å²) in [4.78, 5) is 42.5. The number of carbonyl (C=O) groups excluding carboxylic acids is 3. The van der Waals surface area contributed by atoms with E-state index in [0.717, 1.165) is 0 Å². The topological polar surface area (TPSA) is 180 Å². The van der Waals surface area contributed by atoms with E-state index in [9.17, 15) is 34.8 Å². The second-order valence-electron chi connectivity index (χ2n) is 8.99. The fourth-order valence-corrected chi connectivity index (χ4v) is 5.55. The Balaban J connectivity index is 1.66. The zero-order chi connectivity index (χ0) is 25.2. The first-order valence-electron chi connectivity index (χ1n) is 10.9. The molecule has 1 heterocycles. The van der Waals surface area contributed by atoms with Crippen molar-refractivity contribution in [2.24, 2.45) is 17.6 Å². The van der Waals surface area contributed by atoms with Crippen LogP contribution in [0.3, 0.4) is 0 Å². The van der Waals surface area contributed by atoms with Crippen molar-refractivity contribution in [2.45, 2.75) is 24.9 Å². The van der Waals surface area contributed by atoms with Crippen molar-refractivity contribution in [2.75, 3.05) is 7.11 Å². The monoisotopic (exact) mass is 478 g/mol. The van der Waals surface area contributed by atoms with Crippen molar-refractivity contribution in [3.8, 4) is 22.8 Å². The summed E-state index contributed by atoms with van der Waals surface area (Å²) in [7, 11) is 1.49. The van der Waals surface area contributed by atoms with Crippen molar-refractivity contribution in [1.82, 2.24) is 4.98 Å². The van der Waals surface area contributed by atoms with Gasteiger partial charge in [-0.25, -0.2) is 4.98 Å². The third kappa shape index (κ3) is 3.06. The van der Waals surface area contributed by atoms with Crippen LogP contribution in [0, 0.1) is 11.8 Å². The number of fused-ring (bicyclic) bond motifs is 3. The summed E-state index contributed by atoms with van der Waals surface area (Å²) in [5.41, 5.74) is 3.45. The number of allylic oxidation sites excluding steroid dienone is 2. The number of ketones is 2. The molecule has 0 fully saturated rings. The van der Waals surface area contributed by atoms with Gasteiger partial charge in [-0.05, 0) is 42.0 Å². The molecular formula is C25H22N2O8. The lowest BCUT2D eigenvalue weighted by Crippen LogP contribution is -2.57. The number of hydrogen-bond donors (Lipinski definition) is 5. The first kappa shape index (κ1) is 22.6. The van der Waals surface area contributed by atoms with Crippen molar-refractivity contribution in [3.63, 3.8) is 0 Å². The number of aromatic nitrogens is 1. The number of rotatable bonds is 3. The number of nitrogens with zero attached hydrogens (tertiary/aromatic N) is 1. The van der Waals surface area contributed by atoms with Crippen LogP contribution in [-0.4, -0.2) is 55.6 Å². The number of hydrogen-bond acceptors (Lipinski definition) is 9. The lowest BCUT2D eigenvalue weighted by molar-refractivity contribution is -0.144. The molecule has 1 amide bonds. The van der Waals surface area contributed by atoms with Crippen LogP contribution in [0.5, 0.6) is 11.6 Å². The maximum absolute atomic E-state index is 13.6. The number of primary amides is 1. The molecule has 0 saturated heterocycles. The highest BCUT2D eigenvalue weighted by Crippen LogP contribution is 2.52. The Morgan fingerprint density at radius 3 is 2.51 bits per heavy atom. The van der Waals surface area contributed by atoms with E-state index in [1.54, 1.807) is 24.4 Å². The maximum Gasteiger partial charge on any atom is 0.255 e. The number of carbonyl (C=O) groups is 3. The molecule has 3 aliphatic carbocycles. The molecule has 3 aliphatic rings. The van der Waals surface area contributed by atoms with Crippen LogP contribution in [0.25, 0.3) is 11.1 Å². The largest absolute Gasteiger partial charge is 0.511 e. The molecule has 0 unspecified atom stereocenters. The molecule has 10 heteroatoms. The Morgan fingerprint density at radius 2 is 1.89 bits per heavy atom. The van der Waals surface area contributed by atoms with E-state index in [1.807, 2.05) is 0 Å². The molecule has 6 N–H and O–H groups in total. The first-order chi connectivity index (χ1) is 16.6. The van der Waals surface area contributed by atoms with Crippen LogP contribution < -0.4 is 10.5 Å². The third-order valence-electron chi connectivity index (χ3n) is 7.20. The Labute approximate surface area is 199 Å². The summed E-state index contributed by atoms with van der Waals surface area (Å²) in [6.07, 6.45) is 1.58. The Bertz CT molecular complexity index is 1370. The van der Waals surface area contributed by atoms with Crippen LogP contribution >= 0.6 is 0 Å². The Hall–Kier alpha value is -4.18. The second-order valence-corrected chi connectivity index (χ2v) is 8.99. The number of phenolic OH excluding ortho intramolecular Hbond substituents is 1. The van der Waals surface area contributed by atoms with E-state index in [1.165, 1.54) is 13.2 Å². The first-order valence-corrected chi connectivity index (χ1v) is 10.9. The van der Waals surface area contributed by atoms with Gasteiger partial charge < -0.3 is 30.9 Å². The highest BCUT2D eigenvalue weighted by Gasteiger charge is 2.59.